The van der Waals surface area contributed by atoms with Gasteiger partial charge in [0.1, 0.15) is 0 Å². The topological polar surface area (TPSA) is 95.5 Å². The van der Waals surface area contributed by atoms with Gasteiger partial charge < -0.3 is 15.7 Å². The predicted molar refractivity (Wildman–Crippen MR) is 157 cm³/mol. The van der Waals surface area contributed by atoms with E-state index in [0.29, 0.717) is 12.0 Å². The van der Waals surface area contributed by atoms with Crippen molar-refractivity contribution in [2.45, 2.75) is 49.3 Å². The smallest absolute Gasteiger partial charge is 0.305 e. The van der Waals surface area contributed by atoms with Gasteiger partial charge in [-0.1, -0.05) is 48.5 Å². The number of carbonyl (C=O) groups excluding carboxylic acids is 2. The number of hydrogen-bond donors (Lipinski definition) is 3. The molecule has 0 heterocycles. The Morgan fingerprint density at radius 3 is 2.41 bits per heavy atom. The highest BCUT2D eigenvalue weighted by Gasteiger charge is 2.22. The summed E-state index contributed by atoms with van der Waals surface area (Å²) >= 11 is 1.62. The first-order valence-electron chi connectivity index (χ1n) is 13.3. The van der Waals surface area contributed by atoms with Crippen molar-refractivity contribution in [3.63, 3.8) is 0 Å². The number of anilines is 1. The maximum absolute atomic E-state index is 13.6. The van der Waals surface area contributed by atoms with Crippen LogP contribution in [0.1, 0.15) is 65.1 Å². The minimum absolute atomic E-state index is 0.0722. The maximum Gasteiger partial charge on any atom is 0.305 e. The first-order valence-corrected chi connectivity index (χ1v) is 14.5. The van der Waals surface area contributed by atoms with E-state index in [-0.39, 0.29) is 24.8 Å². The van der Waals surface area contributed by atoms with Crippen molar-refractivity contribution >= 4 is 40.8 Å². The largest absolute Gasteiger partial charge is 0.481 e. The van der Waals surface area contributed by atoms with Crippen LogP contribution in [0.25, 0.3) is 5.57 Å². The third-order valence-corrected chi connectivity index (χ3v) is 7.63. The highest BCUT2D eigenvalue weighted by atomic mass is 32.2. The molecule has 0 fully saturated rings. The highest BCUT2D eigenvalue weighted by Crippen LogP contribution is 2.30. The number of hydrogen-bond acceptors (Lipinski definition) is 4. The number of amides is 2. The van der Waals surface area contributed by atoms with E-state index >= 15 is 0 Å². The Bertz CT molecular complexity index is 1330. The van der Waals surface area contributed by atoms with Crippen molar-refractivity contribution in [1.82, 2.24) is 5.32 Å². The average Bonchev–Trinajstić information content (AvgIpc) is 2.96. The zero-order valence-electron chi connectivity index (χ0n) is 22.1. The molecular weight excluding hydrogens is 508 g/mol. The van der Waals surface area contributed by atoms with Crippen LogP contribution in [0.5, 0.6) is 0 Å². The third-order valence-electron chi connectivity index (χ3n) is 6.91. The van der Waals surface area contributed by atoms with Crippen molar-refractivity contribution in [3.8, 4) is 0 Å². The van der Waals surface area contributed by atoms with Gasteiger partial charge in [0.05, 0.1) is 12.3 Å². The molecule has 2 amide bonds. The fourth-order valence-corrected chi connectivity index (χ4v) is 5.19. The Kier molecular flexibility index (Phi) is 9.97. The Hall–Kier alpha value is -3.84. The SMILES string of the molecule is CSc1cccc(NC(=O)C(Cc2ccc(C(=O)NCCC(=O)O)cc2)c2ccc(C3=CCCCC3)cc2)c1. The van der Waals surface area contributed by atoms with Gasteiger partial charge in [-0.3, -0.25) is 14.4 Å². The van der Waals surface area contributed by atoms with Gasteiger partial charge in [-0.2, -0.15) is 0 Å². The predicted octanol–water partition coefficient (Wildman–Crippen LogP) is 6.54. The van der Waals surface area contributed by atoms with Crippen molar-refractivity contribution in [3.05, 3.63) is 101 Å². The minimum Gasteiger partial charge on any atom is -0.481 e. The van der Waals surface area contributed by atoms with Crippen LogP contribution >= 0.6 is 11.8 Å². The van der Waals surface area contributed by atoms with Gasteiger partial charge in [0, 0.05) is 22.7 Å². The molecule has 0 radical (unpaired) electrons. The first kappa shape index (κ1) is 28.2. The molecule has 3 aromatic carbocycles. The fourth-order valence-electron chi connectivity index (χ4n) is 4.73. The van der Waals surface area contributed by atoms with Gasteiger partial charge in [-0.05, 0) is 91.0 Å². The van der Waals surface area contributed by atoms with Gasteiger partial charge in [0.15, 0.2) is 0 Å². The Morgan fingerprint density at radius 2 is 1.74 bits per heavy atom. The second-order valence-corrected chi connectivity index (χ2v) is 10.6. The van der Waals surface area contributed by atoms with Crippen LogP contribution in [0.4, 0.5) is 5.69 Å². The molecule has 7 heteroatoms. The summed E-state index contributed by atoms with van der Waals surface area (Å²) in [5, 5.41) is 14.5. The van der Waals surface area contributed by atoms with Crippen LogP contribution < -0.4 is 10.6 Å². The molecule has 1 atom stereocenters. The Morgan fingerprint density at radius 1 is 0.974 bits per heavy atom. The summed E-state index contributed by atoms with van der Waals surface area (Å²) < 4.78 is 0. The lowest BCUT2D eigenvalue weighted by Crippen LogP contribution is -2.26. The molecule has 3 aromatic rings. The van der Waals surface area contributed by atoms with E-state index in [9.17, 15) is 14.4 Å². The molecule has 4 rings (SSSR count). The number of rotatable bonds is 11. The van der Waals surface area contributed by atoms with Gasteiger partial charge in [-0.15, -0.1) is 11.8 Å². The Labute approximate surface area is 233 Å². The van der Waals surface area contributed by atoms with E-state index in [2.05, 4.69) is 41.0 Å². The molecule has 6 nitrogen and oxygen atoms in total. The molecule has 1 unspecified atom stereocenters. The van der Waals surface area contributed by atoms with Crippen molar-refractivity contribution in [2.24, 2.45) is 0 Å². The van der Waals surface area contributed by atoms with Crippen LogP contribution in [0.15, 0.2) is 83.8 Å². The highest BCUT2D eigenvalue weighted by molar-refractivity contribution is 7.98. The number of allylic oxidation sites excluding steroid dienone is 2. The summed E-state index contributed by atoms with van der Waals surface area (Å²) in [4.78, 5) is 37.7. The Balaban J connectivity index is 1.53. The number of carbonyl (C=O) groups is 3. The van der Waals surface area contributed by atoms with Gasteiger partial charge in [-0.25, -0.2) is 0 Å². The third kappa shape index (κ3) is 8.07. The lowest BCUT2D eigenvalue weighted by molar-refractivity contribution is -0.136. The van der Waals surface area contributed by atoms with E-state index < -0.39 is 11.9 Å². The van der Waals surface area contributed by atoms with Crippen LogP contribution in [-0.4, -0.2) is 35.7 Å². The standard InChI is InChI=1S/C32H34N2O4S/c1-39-28-9-5-8-27(21-28)34-32(38)29(25-16-14-24(15-17-25)23-6-3-2-4-7-23)20-22-10-12-26(13-11-22)31(37)33-19-18-30(35)36/h5-6,8-17,21,29H,2-4,7,18-20H2,1H3,(H,33,37)(H,34,38)(H,35,36). The number of thioether (sulfide) groups is 1. The van der Waals surface area contributed by atoms with Crippen molar-refractivity contribution in [2.75, 3.05) is 18.1 Å². The molecule has 0 bridgehead atoms. The summed E-state index contributed by atoms with van der Waals surface area (Å²) in [6, 6.07) is 23.3. The number of carboxylic acid groups (broad SMARTS) is 1. The molecule has 1 aliphatic carbocycles. The van der Waals surface area contributed by atoms with E-state index in [4.69, 9.17) is 5.11 Å². The van der Waals surface area contributed by atoms with Crippen LogP contribution in [0.2, 0.25) is 0 Å². The van der Waals surface area contributed by atoms with Crippen LogP contribution in [0.3, 0.4) is 0 Å². The number of nitrogens with one attached hydrogen (secondary N) is 2. The van der Waals surface area contributed by atoms with Crippen LogP contribution in [-0.2, 0) is 16.0 Å². The monoisotopic (exact) mass is 542 g/mol. The summed E-state index contributed by atoms with van der Waals surface area (Å²) in [5.74, 6) is -1.79. The fraction of sp³-hybridized carbons (Fsp3) is 0.281. The summed E-state index contributed by atoms with van der Waals surface area (Å²) in [7, 11) is 0. The lowest BCUT2D eigenvalue weighted by Gasteiger charge is -2.19. The van der Waals surface area contributed by atoms with Crippen LogP contribution in [0, 0.1) is 0 Å². The molecule has 39 heavy (non-hydrogen) atoms. The number of carboxylic acids is 1. The van der Waals surface area contributed by atoms with Crippen molar-refractivity contribution in [1.29, 1.82) is 0 Å². The van der Waals surface area contributed by atoms with Gasteiger partial charge >= 0.3 is 5.97 Å². The molecule has 202 valence electrons. The molecule has 0 saturated carbocycles. The second kappa shape index (κ2) is 13.8. The molecule has 0 spiro atoms. The molecule has 0 saturated heterocycles. The van der Waals surface area contributed by atoms with E-state index in [1.165, 1.54) is 24.0 Å². The zero-order valence-corrected chi connectivity index (χ0v) is 22.9. The molecule has 0 aliphatic heterocycles. The summed E-state index contributed by atoms with van der Waals surface area (Å²) in [6.07, 6.45) is 9.32. The quantitative estimate of drug-likeness (QED) is 0.239. The number of benzene rings is 3. The molecule has 3 N–H and O–H groups in total. The van der Waals surface area contributed by atoms with Gasteiger partial charge in [0.2, 0.25) is 5.91 Å². The summed E-state index contributed by atoms with van der Waals surface area (Å²) in [6.45, 7) is 0.0722. The zero-order chi connectivity index (χ0) is 27.6. The normalized spacial score (nSPS) is 13.7. The molecular formula is C32H34N2O4S. The minimum atomic E-state index is -0.960. The van der Waals surface area contributed by atoms with E-state index in [0.717, 1.165) is 34.6 Å². The maximum atomic E-state index is 13.6. The van der Waals surface area contributed by atoms with E-state index in [1.807, 2.05) is 42.7 Å². The lowest BCUT2D eigenvalue weighted by atomic mass is 9.88. The second-order valence-electron chi connectivity index (χ2n) is 9.67. The number of aliphatic carboxylic acids is 1. The molecule has 0 aromatic heterocycles. The average molecular weight is 543 g/mol. The van der Waals surface area contributed by atoms with Crippen molar-refractivity contribution < 1.29 is 19.5 Å². The van der Waals surface area contributed by atoms with E-state index in [1.54, 1.807) is 23.9 Å². The first-order chi connectivity index (χ1) is 18.9. The summed E-state index contributed by atoms with van der Waals surface area (Å²) in [5.41, 5.74) is 5.65. The van der Waals surface area contributed by atoms with Gasteiger partial charge in [0.25, 0.3) is 5.91 Å². The molecule has 1 aliphatic rings.